The van der Waals surface area contributed by atoms with Crippen LogP contribution in [0.15, 0.2) is 48.5 Å². The molecule has 0 saturated carbocycles. The molecule has 0 bridgehead atoms. The first-order valence-electron chi connectivity index (χ1n) is 8.91. The molecule has 0 aliphatic heterocycles. The highest BCUT2D eigenvalue weighted by atomic mass is 19.4. The van der Waals surface area contributed by atoms with Crippen molar-refractivity contribution in [3.05, 3.63) is 76.4 Å². The molecule has 0 amide bonds. The van der Waals surface area contributed by atoms with E-state index in [4.69, 9.17) is 5.11 Å². The average Bonchev–Trinajstić information content (AvgIpc) is 2.61. The van der Waals surface area contributed by atoms with Crippen molar-refractivity contribution >= 4 is 11.5 Å². The van der Waals surface area contributed by atoms with E-state index in [1.807, 2.05) is 0 Å². The fourth-order valence-corrected chi connectivity index (χ4v) is 3.16. The van der Waals surface area contributed by atoms with Gasteiger partial charge in [0, 0.05) is 6.08 Å². The van der Waals surface area contributed by atoms with E-state index >= 15 is 0 Å². The van der Waals surface area contributed by atoms with E-state index in [1.165, 1.54) is 13.0 Å². The maximum atomic E-state index is 14.1. The molecule has 0 spiro atoms. The van der Waals surface area contributed by atoms with Crippen LogP contribution in [-0.2, 0) is 22.8 Å². The van der Waals surface area contributed by atoms with Crippen LogP contribution in [0.2, 0.25) is 0 Å². The third-order valence-electron chi connectivity index (χ3n) is 5.14. The summed E-state index contributed by atoms with van der Waals surface area (Å²) in [5.41, 5.74) is -2.67. The van der Waals surface area contributed by atoms with Crippen molar-refractivity contribution in [2.75, 3.05) is 0 Å². The highest BCUT2D eigenvalue weighted by molar-refractivity contribution is 5.89. The van der Waals surface area contributed by atoms with Crippen LogP contribution in [0.4, 0.5) is 26.3 Å². The van der Waals surface area contributed by atoms with Crippen LogP contribution in [-0.4, -0.2) is 17.3 Å². The summed E-state index contributed by atoms with van der Waals surface area (Å²) in [5.74, 6) is -1.20. The van der Waals surface area contributed by atoms with Gasteiger partial charge in [-0.2, -0.15) is 26.3 Å². The summed E-state index contributed by atoms with van der Waals surface area (Å²) in [7, 11) is 0. The molecule has 162 valence electrons. The Morgan fingerprint density at radius 1 is 1.00 bits per heavy atom. The number of halogens is 6. The molecule has 2 nitrogen and oxygen atoms in total. The molecule has 2 aromatic carbocycles. The van der Waals surface area contributed by atoms with E-state index in [-0.39, 0.29) is 5.56 Å². The van der Waals surface area contributed by atoms with Crippen molar-refractivity contribution in [3.8, 4) is 0 Å². The van der Waals surface area contributed by atoms with Gasteiger partial charge < -0.3 is 5.11 Å². The second kappa shape index (κ2) is 8.16. The molecule has 1 atom stereocenters. The fourth-order valence-electron chi connectivity index (χ4n) is 3.16. The van der Waals surface area contributed by atoms with Crippen LogP contribution >= 0.6 is 0 Å². The first kappa shape index (κ1) is 23.5. The van der Waals surface area contributed by atoms with Crippen LogP contribution < -0.4 is 0 Å². The summed E-state index contributed by atoms with van der Waals surface area (Å²) in [6.07, 6.45) is -9.26. The Hall–Kier alpha value is -2.77. The third kappa shape index (κ3) is 5.04. The SMILES string of the molecule is C/C(=C\C(=O)O)c1ccc(C)c(CC(C)(c2cccc(C(F)(F)F)c2)C(F)(F)F)c1. The van der Waals surface area contributed by atoms with Crippen molar-refractivity contribution in [3.63, 3.8) is 0 Å². The van der Waals surface area contributed by atoms with E-state index in [1.54, 1.807) is 19.1 Å². The summed E-state index contributed by atoms with van der Waals surface area (Å²) in [6, 6.07) is 7.86. The van der Waals surface area contributed by atoms with Crippen LogP contribution in [0.1, 0.15) is 41.7 Å². The quantitative estimate of drug-likeness (QED) is 0.431. The van der Waals surface area contributed by atoms with E-state index in [2.05, 4.69) is 0 Å². The number of hydrogen-bond acceptors (Lipinski definition) is 1. The number of aliphatic carboxylic acids is 1. The number of carbonyl (C=O) groups is 1. The normalized spacial score (nSPS) is 15.0. The summed E-state index contributed by atoms with van der Waals surface area (Å²) < 4.78 is 81.5. The van der Waals surface area contributed by atoms with Crippen molar-refractivity contribution in [2.45, 2.75) is 45.0 Å². The van der Waals surface area contributed by atoms with Crippen molar-refractivity contribution in [1.82, 2.24) is 0 Å². The lowest BCUT2D eigenvalue weighted by Crippen LogP contribution is -2.42. The van der Waals surface area contributed by atoms with E-state index in [9.17, 15) is 31.1 Å². The van der Waals surface area contributed by atoms with Gasteiger partial charge in [-0.05, 0) is 61.1 Å². The lowest BCUT2D eigenvalue weighted by molar-refractivity contribution is -0.185. The Labute approximate surface area is 169 Å². The zero-order valence-corrected chi connectivity index (χ0v) is 16.4. The van der Waals surface area contributed by atoms with Gasteiger partial charge in [-0.25, -0.2) is 4.79 Å². The zero-order chi connectivity index (χ0) is 22.9. The van der Waals surface area contributed by atoms with Crippen LogP contribution in [0.25, 0.3) is 5.57 Å². The summed E-state index contributed by atoms with van der Waals surface area (Å²) >= 11 is 0. The lowest BCUT2D eigenvalue weighted by atomic mass is 9.75. The maximum Gasteiger partial charge on any atom is 0.416 e. The number of alkyl halides is 6. The second-order valence-electron chi connectivity index (χ2n) is 7.39. The Bertz CT molecular complexity index is 972. The van der Waals surface area contributed by atoms with Gasteiger partial charge in [0.05, 0.1) is 11.0 Å². The molecule has 1 unspecified atom stereocenters. The largest absolute Gasteiger partial charge is 0.478 e. The standard InChI is InChI=1S/C22H20F6O2/c1-13-7-8-15(14(2)9-19(29)30)10-16(13)12-20(3,22(26,27)28)17-5-4-6-18(11-17)21(23,24)25/h4-11H,12H2,1-3H3,(H,29,30)/b14-9+. The van der Waals surface area contributed by atoms with Gasteiger partial charge >= 0.3 is 18.3 Å². The number of carboxylic acids is 1. The molecule has 2 aromatic rings. The monoisotopic (exact) mass is 430 g/mol. The van der Waals surface area contributed by atoms with Gasteiger partial charge in [0.1, 0.15) is 0 Å². The Morgan fingerprint density at radius 2 is 1.60 bits per heavy atom. The van der Waals surface area contributed by atoms with Gasteiger partial charge in [-0.15, -0.1) is 0 Å². The predicted molar refractivity (Wildman–Crippen MR) is 101 cm³/mol. The van der Waals surface area contributed by atoms with Crippen LogP contribution in [0.3, 0.4) is 0 Å². The molecular weight excluding hydrogens is 410 g/mol. The van der Waals surface area contributed by atoms with Gasteiger partial charge in [-0.3, -0.25) is 0 Å². The summed E-state index contributed by atoms with van der Waals surface area (Å²) in [6.45, 7) is 3.98. The van der Waals surface area contributed by atoms with Gasteiger partial charge in [0.15, 0.2) is 0 Å². The molecule has 0 fully saturated rings. The predicted octanol–water partition coefficient (Wildman–Crippen LogP) is 6.56. The van der Waals surface area contributed by atoms with Crippen molar-refractivity contribution in [1.29, 1.82) is 0 Å². The average molecular weight is 430 g/mol. The van der Waals surface area contributed by atoms with E-state index in [0.717, 1.165) is 31.2 Å². The van der Waals surface area contributed by atoms with E-state index in [0.29, 0.717) is 22.8 Å². The lowest BCUT2D eigenvalue weighted by Gasteiger charge is -2.34. The van der Waals surface area contributed by atoms with Crippen LogP contribution in [0, 0.1) is 6.92 Å². The number of carboxylic acid groups (broad SMARTS) is 1. The van der Waals surface area contributed by atoms with Gasteiger partial charge in [0.25, 0.3) is 0 Å². The molecule has 0 heterocycles. The number of benzene rings is 2. The Balaban J connectivity index is 2.59. The Kier molecular flexibility index (Phi) is 6.40. The van der Waals surface area contributed by atoms with Crippen molar-refractivity contribution in [2.24, 2.45) is 0 Å². The third-order valence-corrected chi connectivity index (χ3v) is 5.14. The Morgan fingerprint density at radius 3 is 2.13 bits per heavy atom. The molecule has 0 aliphatic rings. The first-order chi connectivity index (χ1) is 13.6. The minimum Gasteiger partial charge on any atom is -0.478 e. The minimum absolute atomic E-state index is 0.267. The first-order valence-corrected chi connectivity index (χ1v) is 8.91. The molecule has 0 aliphatic carbocycles. The number of aryl methyl sites for hydroxylation is 1. The molecule has 0 aromatic heterocycles. The fraction of sp³-hybridized carbons (Fsp3) is 0.318. The highest BCUT2D eigenvalue weighted by Crippen LogP contribution is 2.45. The maximum absolute atomic E-state index is 14.1. The second-order valence-corrected chi connectivity index (χ2v) is 7.39. The number of allylic oxidation sites excluding steroid dienone is 1. The topological polar surface area (TPSA) is 37.3 Å². The van der Waals surface area contributed by atoms with Crippen molar-refractivity contribution < 1.29 is 36.2 Å². The molecule has 1 N–H and O–H groups in total. The summed E-state index contributed by atoms with van der Waals surface area (Å²) in [4.78, 5) is 10.9. The molecule has 30 heavy (non-hydrogen) atoms. The number of rotatable bonds is 5. The van der Waals surface area contributed by atoms with Crippen LogP contribution in [0.5, 0.6) is 0 Å². The van der Waals surface area contributed by atoms with Gasteiger partial charge in [-0.1, -0.05) is 36.4 Å². The molecule has 0 radical (unpaired) electrons. The molecular formula is C22H20F6O2. The minimum atomic E-state index is -4.83. The highest BCUT2D eigenvalue weighted by Gasteiger charge is 2.52. The van der Waals surface area contributed by atoms with Gasteiger partial charge in [0.2, 0.25) is 0 Å². The smallest absolute Gasteiger partial charge is 0.416 e. The molecule has 0 saturated heterocycles. The van der Waals surface area contributed by atoms with E-state index < -0.39 is 41.3 Å². The zero-order valence-electron chi connectivity index (χ0n) is 16.4. The molecule has 2 rings (SSSR count). The number of hydrogen-bond donors (Lipinski definition) is 1. The summed E-state index contributed by atoms with van der Waals surface area (Å²) in [5, 5.41) is 8.89. The molecule has 8 heteroatoms.